The number of aromatic nitrogens is 2. The predicted molar refractivity (Wildman–Crippen MR) is 210 cm³/mol. The van der Waals surface area contributed by atoms with Gasteiger partial charge in [-0.3, -0.25) is 24.6 Å². The van der Waals surface area contributed by atoms with E-state index >= 15 is 0 Å². The lowest BCUT2D eigenvalue weighted by atomic mass is 9.81. The zero-order chi connectivity index (χ0) is 39.2. The monoisotopic (exact) mass is 760 g/mol. The van der Waals surface area contributed by atoms with Gasteiger partial charge in [0.15, 0.2) is 0 Å². The van der Waals surface area contributed by atoms with Gasteiger partial charge in [0.1, 0.15) is 11.6 Å². The number of carbonyl (C=O) groups excluding carboxylic acids is 3. The van der Waals surface area contributed by atoms with E-state index in [2.05, 4.69) is 26.1 Å². The van der Waals surface area contributed by atoms with Gasteiger partial charge < -0.3 is 20.7 Å². The third-order valence-electron chi connectivity index (χ3n) is 9.87. The largest absolute Gasteiger partial charge is 0.444 e. The maximum Gasteiger partial charge on any atom is 0.407 e. The molecule has 1 aliphatic carbocycles. The Morgan fingerprint density at radius 1 is 0.926 bits per heavy atom. The van der Waals surface area contributed by atoms with E-state index in [4.69, 9.17) is 4.74 Å². The Kier molecular flexibility index (Phi) is 12.7. The van der Waals surface area contributed by atoms with Gasteiger partial charge >= 0.3 is 6.09 Å². The molecule has 3 amide bonds. The van der Waals surface area contributed by atoms with Crippen LogP contribution >= 0.6 is 0 Å². The summed E-state index contributed by atoms with van der Waals surface area (Å²) in [5.74, 6) is -0.661. The van der Waals surface area contributed by atoms with Crippen LogP contribution in [0.2, 0.25) is 0 Å². The number of hydrogen-bond acceptors (Lipinski definition) is 7. The van der Waals surface area contributed by atoms with Crippen molar-refractivity contribution >= 4 is 44.5 Å². The summed E-state index contributed by atoms with van der Waals surface area (Å²) >= 11 is 0. The highest BCUT2D eigenvalue weighted by atomic mass is 32.2. The zero-order valence-electron chi connectivity index (χ0n) is 31.9. The van der Waals surface area contributed by atoms with Crippen molar-refractivity contribution in [2.75, 3.05) is 25.0 Å². The van der Waals surface area contributed by atoms with Crippen molar-refractivity contribution in [3.63, 3.8) is 0 Å². The summed E-state index contributed by atoms with van der Waals surface area (Å²) in [6.45, 7) is 12.2. The van der Waals surface area contributed by atoms with Crippen molar-refractivity contribution in [3.05, 3.63) is 82.1 Å². The summed E-state index contributed by atoms with van der Waals surface area (Å²) in [5.41, 5.74) is 3.58. The number of amides is 3. The highest BCUT2D eigenvalue weighted by Crippen LogP contribution is 2.30. The van der Waals surface area contributed by atoms with Crippen LogP contribution < -0.4 is 21.5 Å². The molecule has 0 spiro atoms. The van der Waals surface area contributed by atoms with Crippen LogP contribution in [0.1, 0.15) is 71.4 Å². The lowest BCUT2D eigenvalue weighted by molar-refractivity contribution is -0.130. The summed E-state index contributed by atoms with van der Waals surface area (Å²) < 4.78 is 32.9. The van der Waals surface area contributed by atoms with Crippen LogP contribution in [-0.4, -0.2) is 72.1 Å². The maximum atomic E-state index is 13.8. The number of anilines is 1. The fourth-order valence-electron chi connectivity index (χ4n) is 6.90. The van der Waals surface area contributed by atoms with Gasteiger partial charge in [0.25, 0.3) is 5.56 Å². The molecule has 3 aromatic carbocycles. The molecule has 0 unspecified atom stereocenters. The fraction of sp³-hybridized carbons (Fsp3) is 0.450. The second kappa shape index (κ2) is 17.0. The van der Waals surface area contributed by atoms with Crippen LogP contribution in [0.4, 0.5) is 10.5 Å². The Bertz CT molecular complexity index is 2120. The first-order valence-electron chi connectivity index (χ1n) is 18.6. The van der Waals surface area contributed by atoms with Gasteiger partial charge in [-0.2, -0.15) is 4.31 Å². The van der Waals surface area contributed by atoms with E-state index in [1.165, 1.54) is 4.31 Å². The zero-order valence-corrected chi connectivity index (χ0v) is 32.7. The average molecular weight is 761 g/mol. The van der Waals surface area contributed by atoms with Gasteiger partial charge in [-0.1, -0.05) is 44.2 Å². The van der Waals surface area contributed by atoms with Gasteiger partial charge in [-0.15, -0.1) is 0 Å². The SMILES string of the molecule is CCN(CC)S(=O)(=O)c1ccc(-c2ccc(C[C@H](NC(=O)C3CCC(CNC(=O)OC(C)(C)C)CC3)C(=O)Nc3ccc4c(=O)[nH][nH]c4c3)cc2)c(C)c1. The summed E-state index contributed by atoms with van der Waals surface area (Å²) in [4.78, 5) is 51.8. The van der Waals surface area contributed by atoms with Crippen molar-refractivity contribution in [1.29, 1.82) is 0 Å². The number of nitrogens with one attached hydrogen (secondary N) is 5. The fourth-order valence-corrected chi connectivity index (χ4v) is 8.45. The van der Waals surface area contributed by atoms with Gasteiger partial charge in [0, 0.05) is 37.7 Å². The maximum absolute atomic E-state index is 13.8. The Hall–Kier alpha value is -4.95. The van der Waals surface area contributed by atoms with E-state index in [0.29, 0.717) is 49.1 Å². The van der Waals surface area contributed by atoms with Gasteiger partial charge in [-0.05, 0) is 112 Å². The third kappa shape index (κ3) is 9.97. The smallest absolute Gasteiger partial charge is 0.407 e. The minimum absolute atomic E-state index is 0.203. The molecule has 1 fully saturated rings. The molecule has 0 radical (unpaired) electrons. The number of carbonyl (C=O) groups is 3. The molecule has 1 aromatic heterocycles. The van der Waals surface area contributed by atoms with Crippen molar-refractivity contribution < 1.29 is 27.5 Å². The van der Waals surface area contributed by atoms with E-state index < -0.39 is 33.7 Å². The normalized spacial score (nSPS) is 16.9. The Morgan fingerprint density at radius 2 is 1.61 bits per heavy atom. The van der Waals surface area contributed by atoms with Gasteiger partial charge in [0.05, 0.1) is 15.8 Å². The number of hydrogen-bond donors (Lipinski definition) is 5. The lowest BCUT2D eigenvalue weighted by Gasteiger charge is -2.29. The van der Waals surface area contributed by atoms with E-state index in [1.807, 2.05) is 71.9 Å². The van der Waals surface area contributed by atoms with Crippen molar-refractivity contribution in [3.8, 4) is 11.1 Å². The molecule has 5 rings (SSSR count). The average Bonchev–Trinajstić information content (AvgIpc) is 3.50. The lowest BCUT2D eigenvalue weighted by Crippen LogP contribution is -2.48. The summed E-state index contributed by atoms with van der Waals surface area (Å²) in [7, 11) is -3.59. The molecule has 0 saturated heterocycles. The minimum Gasteiger partial charge on any atom is -0.444 e. The molecule has 14 heteroatoms. The Morgan fingerprint density at radius 3 is 2.24 bits per heavy atom. The molecule has 1 heterocycles. The first-order valence-corrected chi connectivity index (χ1v) is 20.0. The number of ether oxygens (including phenoxy) is 1. The molecular formula is C40H52N6O7S. The number of alkyl carbamates (subject to hydrolysis) is 1. The highest BCUT2D eigenvalue weighted by Gasteiger charge is 2.30. The van der Waals surface area contributed by atoms with E-state index in [0.717, 1.165) is 35.1 Å². The molecule has 290 valence electrons. The molecule has 0 bridgehead atoms. The van der Waals surface area contributed by atoms with Crippen molar-refractivity contribution in [2.45, 2.75) is 90.2 Å². The molecule has 1 aliphatic rings. The van der Waals surface area contributed by atoms with Crippen molar-refractivity contribution in [2.24, 2.45) is 11.8 Å². The Labute approximate surface area is 316 Å². The van der Waals surface area contributed by atoms with Crippen LogP contribution in [0.5, 0.6) is 0 Å². The number of sulfonamides is 1. The summed E-state index contributed by atoms with van der Waals surface area (Å²) in [6, 6.07) is 16.8. The second-order valence-corrected chi connectivity index (χ2v) is 16.9. The number of nitrogens with zero attached hydrogens (tertiary/aromatic N) is 1. The van der Waals surface area contributed by atoms with Gasteiger partial charge in [-0.25, -0.2) is 13.2 Å². The number of rotatable bonds is 13. The number of aryl methyl sites for hydroxylation is 1. The number of aromatic amines is 2. The first kappa shape index (κ1) is 40.2. The third-order valence-corrected chi connectivity index (χ3v) is 11.9. The standard InChI is InChI=1S/C40H52N6O7S/c1-7-46(8-2)54(51,52)31-18-20-32(25(3)21-31)28-13-9-26(10-14-28)22-35(38(49)42-30-17-19-33-34(23-30)44-45-37(33)48)43-36(47)29-15-11-27(12-16-29)24-41-39(50)53-40(4,5)6/h9-10,13-14,17-21,23,27,29,35H,7-8,11-12,15-16,22,24H2,1-6H3,(H,41,50)(H,42,49)(H,43,47)(H2,44,45,48)/t27?,29?,35-/m0/s1. The van der Waals surface area contributed by atoms with E-state index in [-0.39, 0.29) is 34.6 Å². The molecule has 54 heavy (non-hydrogen) atoms. The summed E-state index contributed by atoms with van der Waals surface area (Å²) in [6.07, 6.45) is 2.52. The number of H-pyrrole nitrogens is 2. The second-order valence-electron chi connectivity index (χ2n) is 15.0. The van der Waals surface area contributed by atoms with Crippen LogP contribution in [-0.2, 0) is 30.8 Å². The molecule has 4 aromatic rings. The molecular weight excluding hydrogens is 709 g/mol. The molecule has 1 saturated carbocycles. The van der Waals surface area contributed by atoms with E-state index in [1.54, 1.807) is 30.3 Å². The summed E-state index contributed by atoms with van der Waals surface area (Å²) in [5, 5.41) is 14.6. The van der Waals surface area contributed by atoms with Crippen molar-refractivity contribution in [1.82, 2.24) is 25.1 Å². The van der Waals surface area contributed by atoms with Crippen LogP contribution in [0, 0.1) is 18.8 Å². The molecule has 1 atom stereocenters. The number of benzene rings is 3. The first-order chi connectivity index (χ1) is 25.6. The molecule has 13 nitrogen and oxygen atoms in total. The Balaban J connectivity index is 1.28. The van der Waals surface area contributed by atoms with Crippen LogP contribution in [0.25, 0.3) is 22.0 Å². The highest BCUT2D eigenvalue weighted by molar-refractivity contribution is 7.89. The topological polar surface area (TPSA) is 183 Å². The minimum atomic E-state index is -3.59. The molecule has 5 N–H and O–H groups in total. The van der Waals surface area contributed by atoms with Crippen LogP contribution in [0.3, 0.4) is 0 Å². The van der Waals surface area contributed by atoms with Crippen LogP contribution in [0.15, 0.2) is 70.4 Å². The quantitative estimate of drug-likeness (QED) is 0.113. The number of fused-ring (bicyclic) bond motifs is 1. The molecule has 0 aliphatic heterocycles. The predicted octanol–water partition coefficient (Wildman–Crippen LogP) is 5.86. The van der Waals surface area contributed by atoms with E-state index in [9.17, 15) is 27.6 Å². The van der Waals surface area contributed by atoms with Gasteiger partial charge in [0.2, 0.25) is 21.8 Å².